The third-order valence-electron chi connectivity index (χ3n) is 0.903. The summed E-state index contributed by atoms with van der Waals surface area (Å²) >= 11 is 0. The third kappa shape index (κ3) is 0.933. The molecule has 0 spiro atoms. The average Bonchev–Trinajstić information content (AvgIpc) is 2.29. The van der Waals surface area contributed by atoms with Gasteiger partial charge in [-0.3, -0.25) is 10.1 Å². The number of hydrogen-bond acceptors (Lipinski definition) is 3. The summed E-state index contributed by atoms with van der Waals surface area (Å²) in [6, 6.07) is 0. The molecule has 1 aliphatic heterocycles. The van der Waals surface area contributed by atoms with E-state index in [-0.39, 0.29) is 12.5 Å². The number of carbonyl (C=O) groups is 1. The minimum atomic E-state index is -2.46. The average molecular weight is 132 g/mol. The summed E-state index contributed by atoms with van der Waals surface area (Å²) in [5.41, 5.74) is 0. The number of nitrogens with zero attached hydrogens (tertiary/aromatic N) is 2. The van der Waals surface area contributed by atoms with Crippen molar-refractivity contribution in [3.63, 3.8) is 0 Å². The van der Waals surface area contributed by atoms with E-state index in [0.29, 0.717) is 4.90 Å². The number of carbonyl (C=O) groups excluding carboxylic acids is 1. The Hall–Kier alpha value is -1.26. The topological polar surface area (TPSA) is 64.9 Å². The number of nitrogens with one attached hydrogen (secondary N) is 1. The number of amides is 1. The molecule has 9 heavy (non-hydrogen) atoms. The summed E-state index contributed by atoms with van der Waals surface area (Å²) in [7, 11) is 0. The van der Waals surface area contributed by atoms with Gasteiger partial charge in [-0.05, 0) is 0 Å². The molecule has 1 saturated heterocycles. The fourth-order valence-electron chi connectivity index (χ4n) is 0.529. The molecular formula is C4H7N3O2. The van der Waals surface area contributed by atoms with Crippen molar-refractivity contribution < 1.29 is 14.1 Å². The maximum absolute atomic E-state index is 10.7. The number of rotatable bonds is 0. The molecule has 0 atom stereocenters. The van der Waals surface area contributed by atoms with E-state index >= 15 is 0 Å². The van der Waals surface area contributed by atoms with Gasteiger partial charge in [0.2, 0.25) is 11.9 Å². The molecule has 2 N–H and O–H groups in total. The molecule has 1 rings (SSSR count). The lowest BCUT2D eigenvalue weighted by atomic mass is 10.6. The van der Waals surface area contributed by atoms with Gasteiger partial charge in [0.1, 0.15) is 0 Å². The summed E-state index contributed by atoms with van der Waals surface area (Å²) < 4.78 is 20.8. The van der Waals surface area contributed by atoms with Crippen LogP contribution in [0.5, 0.6) is 0 Å². The minimum absolute atomic E-state index is 0.310. The molecule has 1 heterocycles. The Morgan fingerprint density at radius 2 is 2.89 bits per heavy atom. The highest BCUT2D eigenvalue weighted by molar-refractivity contribution is 6.03. The lowest BCUT2D eigenvalue weighted by Crippen LogP contribution is -2.26. The molecule has 0 aromatic heterocycles. The SMILES string of the molecule is [2H]C([2H])([2H])N1CC(=O)N/C1=N\O. The maximum atomic E-state index is 10.7. The highest BCUT2D eigenvalue weighted by Gasteiger charge is 2.20. The molecule has 0 aliphatic carbocycles. The number of hydrogen-bond donors (Lipinski definition) is 2. The van der Waals surface area contributed by atoms with Crippen LogP contribution in [0.4, 0.5) is 0 Å². The predicted octanol–water partition coefficient (Wildman–Crippen LogP) is -1.21. The van der Waals surface area contributed by atoms with E-state index in [4.69, 9.17) is 9.32 Å². The van der Waals surface area contributed by atoms with Gasteiger partial charge < -0.3 is 10.1 Å². The molecule has 0 unspecified atom stereocenters. The van der Waals surface area contributed by atoms with Crippen LogP contribution in [0.15, 0.2) is 5.16 Å². The van der Waals surface area contributed by atoms with Crippen molar-refractivity contribution in [3.05, 3.63) is 0 Å². The maximum Gasteiger partial charge on any atom is 0.246 e. The van der Waals surface area contributed by atoms with E-state index in [9.17, 15) is 4.79 Å². The minimum Gasteiger partial charge on any atom is -0.408 e. The molecule has 50 valence electrons. The van der Waals surface area contributed by atoms with Crippen LogP contribution in [-0.2, 0) is 4.79 Å². The highest BCUT2D eigenvalue weighted by atomic mass is 16.4. The largest absolute Gasteiger partial charge is 0.408 e. The number of guanidine groups is 1. The van der Waals surface area contributed by atoms with E-state index in [1.54, 1.807) is 0 Å². The standard InChI is InChI=1S/C4H7N3O2/c1-7-2-3(8)5-4(7)6-9/h9H,2H2,1H3,(H,5,6,8)/i1D3. The van der Waals surface area contributed by atoms with E-state index in [1.165, 1.54) is 0 Å². The molecular weight excluding hydrogens is 122 g/mol. The van der Waals surface area contributed by atoms with E-state index in [1.807, 2.05) is 0 Å². The zero-order chi connectivity index (χ0) is 9.35. The van der Waals surface area contributed by atoms with Crippen molar-refractivity contribution >= 4 is 11.9 Å². The lowest BCUT2D eigenvalue weighted by Gasteiger charge is -2.04. The van der Waals surface area contributed by atoms with Crippen LogP contribution in [-0.4, -0.2) is 35.5 Å². The van der Waals surface area contributed by atoms with Gasteiger partial charge in [0, 0.05) is 11.1 Å². The van der Waals surface area contributed by atoms with Crippen LogP contribution in [0, 0.1) is 0 Å². The molecule has 5 nitrogen and oxygen atoms in total. The Labute approximate surface area is 56.2 Å². The molecule has 0 aromatic rings. The number of oxime groups is 1. The van der Waals surface area contributed by atoms with Gasteiger partial charge >= 0.3 is 0 Å². The van der Waals surface area contributed by atoms with E-state index in [0.717, 1.165) is 0 Å². The smallest absolute Gasteiger partial charge is 0.246 e. The summed E-state index contributed by atoms with van der Waals surface area (Å²) in [4.78, 5) is 11.4. The van der Waals surface area contributed by atoms with Gasteiger partial charge in [0.05, 0.1) is 6.54 Å². The first kappa shape index (κ1) is 3.05. The van der Waals surface area contributed by atoms with E-state index in [2.05, 4.69) is 10.5 Å². The fraction of sp³-hybridized carbons (Fsp3) is 0.500. The lowest BCUT2D eigenvalue weighted by molar-refractivity contribution is -0.118. The van der Waals surface area contributed by atoms with Crippen molar-refractivity contribution in [2.24, 2.45) is 5.16 Å². The second-order valence-corrected chi connectivity index (χ2v) is 1.56. The van der Waals surface area contributed by atoms with E-state index < -0.39 is 12.9 Å². The summed E-state index contributed by atoms with van der Waals surface area (Å²) in [5.74, 6) is -0.834. The predicted molar refractivity (Wildman–Crippen MR) is 30.0 cm³/mol. The molecule has 0 radical (unpaired) electrons. The van der Waals surface area contributed by atoms with Crippen molar-refractivity contribution in [2.75, 3.05) is 13.5 Å². The summed E-state index contributed by atoms with van der Waals surface area (Å²) in [5, 5.41) is 13.0. The molecule has 1 aliphatic rings. The molecule has 1 amide bonds. The van der Waals surface area contributed by atoms with Gasteiger partial charge in [-0.25, -0.2) is 0 Å². The van der Waals surface area contributed by atoms with Crippen LogP contribution in [0.3, 0.4) is 0 Å². The van der Waals surface area contributed by atoms with Crippen LogP contribution < -0.4 is 5.32 Å². The monoisotopic (exact) mass is 132 g/mol. The first-order chi connectivity index (χ1) is 5.45. The number of likely N-dealkylation sites (N-methyl/N-ethyl adjacent to an activating group) is 1. The Morgan fingerprint density at radius 1 is 2.11 bits per heavy atom. The van der Waals surface area contributed by atoms with Crippen molar-refractivity contribution in [2.45, 2.75) is 0 Å². The molecule has 1 fully saturated rings. The Kier molecular flexibility index (Phi) is 0.652. The first-order valence-electron chi connectivity index (χ1n) is 3.74. The van der Waals surface area contributed by atoms with Gasteiger partial charge in [-0.15, -0.1) is 0 Å². The zero-order valence-electron chi connectivity index (χ0n) is 7.46. The van der Waals surface area contributed by atoms with Gasteiger partial charge in [-0.2, -0.15) is 0 Å². The highest BCUT2D eigenvalue weighted by Crippen LogP contribution is 1.91. The Balaban J connectivity index is 2.85. The van der Waals surface area contributed by atoms with Crippen molar-refractivity contribution in [1.82, 2.24) is 10.2 Å². The van der Waals surface area contributed by atoms with Gasteiger partial charge in [0.15, 0.2) is 0 Å². The molecule has 0 aromatic carbocycles. The molecule has 5 heteroatoms. The Bertz CT molecular complexity index is 236. The van der Waals surface area contributed by atoms with Crippen molar-refractivity contribution in [1.29, 1.82) is 0 Å². The second-order valence-electron chi connectivity index (χ2n) is 1.56. The van der Waals surface area contributed by atoms with Crippen LogP contribution in [0.1, 0.15) is 4.11 Å². The first-order valence-corrected chi connectivity index (χ1v) is 2.24. The van der Waals surface area contributed by atoms with Gasteiger partial charge in [0.25, 0.3) is 0 Å². The zero-order valence-corrected chi connectivity index (χ0v) is 4.46. The molecule has 0 saturated carbocycles. The van der Waals surface area contributed by atoms with Crippen LogP contribution >= 0.6 is 0 Å². The van der Waals surface area contributed by atoms with Crippen LogP contribution in [0.25, 0.3) is 0 Å². The molecule has 0 bridgehead atoms. The summed E-state index contributed by atoms with van der Waals surface area (Å²) in [6.45, 7) is -2.77. The normalized spacial score (nSPS) is 29.3. The van der Waals surface area contributed by atoms with Crippen LogP contribution in [0.2, 0.25) is 0 Å². The van der Waals surface area contributed by atoms with Gasteiger partial charge in [-0.1, -0.05) is 5.16 Å². The van der Waals surface area contributed by atoms with Crippen molar-refractivity contribution in [3.8, 4) is 0 Å². The fourth-order valence-corrected chi connectivity index (χ4v) is 0.529. The third-order valence-corrected chi connectivity index (χ3v) is 0.903. The summed E-state index contributed by atoms with van der Waals surface area (Å²) in [6.07, 6.45) is 0. The Morgan fingerprint density at radius 3 is 3.33 bits per heavy atom. The quantitative estimate of drug-likeness (QED) is 0.321. The second kappa shape index (κ2) is 1.93.